The van der Waals surface area contributed by atoms with E-state index in [1.807, 2.05) is 0 Å². The summed E-state index contributed by atoms with van der Waals surface area (Å²) in [5.74, 6) is -0.437. The summed E-state index contributed by atoms with van der Waals surface area (Å²) in [6, 6.07) is 5.38. The van der Waals surface area contributed by atoms with Gasteiger partial charge in [-0.15, -0.1) is 13.2 Å². The third-order valence-corrected chi connectivity index (χ3v) is 2.90. The molecule has 7 heteroatoms. The summed E-state index contributed by atoms with van der Waals surface area (Å²) in [7, 11) is 0. The van der Waals surface area contributed by atoms with Crippen LogP contribution in [0.15, 0.2) is 24.3 Å². The van der Waals surface area contributed by atoms with E-state index < -0.39 is 6.36 Å². The van der Waals surface area contributed by atoms with Crippen LogP contribution in [0.5, 0.6) is 5.75 Å². The van der Waals surface area contributed by atoms with Gasteiger partial charge in [-0.2, -0.15) is 0 Å². The monoisotopic (exact) mass is 274 g/mol. The molecular formula is C12H13F3N2O2. The van der Waals surface area contributed by atoms with Crippen LogP contribution in [0, 0.1) is 5.92 Å². The van der Waals surface area contributed by atoms with Crippen LogP contribution in [0.2, 0.25) is 0 Å². The quantitative estimate of drug-likeness (QED) is 0.915. The van der Waals surface area contributed by atoms with Crippen LogP contribution in [0.1, 0.15) is 6.42 Å². The molecule has 0 saturated carbocycles. The Bertz CT molecular complexity index is 476. The zero-order valence-corrected chi connectivity index (χ0v) is 9.98. The number of alkyl halides is 3. The van der Waals surface area contributed by atoms with Gasteiger partial charge in [0, 0.05) is 24.7 Å². The van der Waals surface area contributed by atoms with E-state index in [2.05, 4.69) is 4.74 Å². The number of amides is 1. The second-order valence-corrected chi connectivity index (χ2v) is 4.36. The zero-order chi connectivity index (χ0) is 14.0. The van der Waals surface area contributed by atoms with Gasteiger partial charge in [0.2, 0.25) is 5.91 Å². The van der Waals surface area contributed by atoms with Gasteiger partial charge in [-0.25, -0.2) is 0 Å². The fraction of sp³-hybridized carbons (Fsp3) is 0.417. The fourth-order valence-electron chi connectivity index (χ4n) is 2.04. The van der Waals surface area contributed by atoms with Gasteiger partial charge in [-0.3, -0.25) is 4.79 Å². The van der Waals surface area contributed by atoms with Gasteiger partial charge in [0.15, 0.2) is 0 Å². The first-order valence-electron chi connectivity index (χ1n) is 5.75. The first-order valence-corrected chi connectivity index (χ1v) is 5.75. The van der Waals surface area contributed by atoms with Crippen molar-refractivity contribution >= 4 is 11.6 Å². The van der Waals surface area contributed by atoms with Crippen molar-refractivity contribution < 1.29 is 22.7 Å². The Balaban J connectivity index is 2.17. The van der Waals surface area contributed by atoms with E-state index in [1.54, 1.807) is 6.07 Å². The first kappa shape index (κ1) is 13.7. The van der Waals surface area contributed by atoms with Crippen molar-refractivity contribution in [3.8, 4) is 5.75 Å². The van der Waals surface area contributed by atoms with E-state index >= 15 is 0 Å². The average molecular weight is 274 g/mol. The molecule has 0 aromatic heterocycles. The van der Waals surface area contributed by atoms with E-state index in [0.717, 1.165) is 0 Å². The summed E-state index contributed by atoms with van der Waals surface area (Å²) >= 11 is 0. The van der Waals surface area contributed by atoms with Gasteiger partial charge in [0.25, 0.3) is 0 Å². The van der Waals surface area contributed by atoms with Crippen molar-refractivity contribution in [1.82, 2.24) is 0 Å². The molecule has 1 amide bonds. The number of nitrogens with zero attached hydrogens (tertiary/aromatic N) is 1. The smallest absolute Gasteiger partial charge is 0.406 e. The second kappa shape index (κ2) is 5.08. The molecule has 19 heavy (non-hydrogen) atoms. The molecule has 0 aliphatic carbocycles. The highest BCUT2D eigenvalue weighted by Crippen LogP contribution is 2.30. The van der Waals surface area contributed by atoms with Gasteiger partial charge < -0.3 is 15.4 Å². The topological polar surface area (TPSA) is 55.6 Å². The van der Waals surface area contributed by atoms with Crippen LogP contribution in [0.4, 0.5) is 18.9 Å². The van der Waals surface area contributed by atoms with Crippen LogP contribution in [0.25, 0.3) is 0 Å². The molecule has 1 heterocycles. The number of hydrogen-bond donors (Lipinski definition) is 1. The standard InChI is InChI=1S/C12H13F3N2O2/c13-12(14,15)19-10-3-1-2-9(5-10)17-7-8(6-16)4-11(17)18/h1-3,5,8H,4,6-7,16H2. The molecule has 1 aromatic rings. The molecule has 4 nitrogen and oxygen atoms in total. The predicted molar refractivity (Wildman–Crippen MR) is 62.6 cm³/mol. The van der Waals surface area contributed by atoms with Gasteiger partial charge >= 0.3 is 6.36 Å². The molecule has 0 spiro atoms. The van der Waals surface area contributed by atoms with Gasteiger partial charge in [-0.1, -0.05) is 6.07 Å². The van der Waals surface area contributed by atoms with Crippen LogP contribution in [-0.4, -0.2) is 25.4 Å². The lowest BCUT2D eigenvalue weighted by molar-refractivity contribution is -0.274. The Labute approximate surface area is 107 Å². The molecule has 1 aromatic carbocycles. The number of halogens is 3. The Hall–Kier alpha value is -1.76. The zero-order valence-electron chi connectivity index (χ0n) is 9.98. The van der Waals surface area contributed by atoms with Crippen molar-refractivity contribution in [1.29, 1.82) is 0 Å². The number of benzene rings is 1. The van der Waals surface area contributed by atoms with Crippen molar-refractivity contribution in [2.75, 3.05) is 18.0 Å². The number of carbonyl (C=O) groups is 1. The molecule has 2 rings (SSSR count). The molecule has 104 valence electrons. The lowest BCUT2D eigenvalue weighted by atomic mass is 10.1. The maximum Gasteiger partial charge on any atom is 0.573 e. The molecule has 2 N–H and O–H groups in total. The summed E-state index contributed by atoms with van der Waals surface area (Å²) in [6.45, 7) is 0.797. The highest BCUT2D eigenvalue weighted by atomic mass is 19.4. The minimum Gasteiger partial charge on any atom is -0.406 e. The molecule has 1 unspecified atom stereocenters. The minimum absolute atomic E-state index is 0.0414. The number of carbonyl (C=O) groups excluding carboxylic acids is 1. The Morgan fingerprint density at radius 2 is 2.16 bits per heavy atom. The molecular weight excluding hydrogens is 261 g/mol. The van der Waals surface area contributed by atoms with Crippen molar-refractivity contribution in [2.45, 2.75) is 12.8 Å². The van der Waals surface area contributed by atoms with Crippen LogP contribution in [-0.2, 0) is 4.79 Å². The lowest BCUT2D eigenvalue weighted by Gasteiger charge is -2.18. The van der Waals surface area contributed by atoms with Crippen molar-refractivity contribution in [2.24, 2.45) is 11.7 Å². The van der Waals surface area contributed by atoms with Gasteiger partial charge in [-0.05, 0) is 24.6 Å². The maximum absolute atomic E-state index is 12.1. The first-order chi connectivity index (χ1) is 8.89. The Morgan fingerprint density at radius 1 is 1.42 bits per heavy atom. The fourth-order valence-corrected chi connectivity index (χ4v) is 2.04. The number of rotatable bonds is 3. The van der Waals surface area contributed by atoms with Crippen molar-refractivity contribution in [3.63, 3.8) is 0 Å². The summed E-state index contributed by atoms with van der Waals surface area (Å²) in [4.78, 5) is 13.2. The third-order valence-electron chi connectivity index (χ3n) is 2.90. The SMILES string of the molecule is NCC1CC(=O)N(c2cccc(OC(F)(F)F)c2)C1. The number of anilines is 1. The average Bonchev–Trinajstić information content (AvgIpc) is 2.69. The minimum atomic E-state index is -4.74. The highest BCUT2D eigenvalue weighted by Gasteiger charge is 2.32. The third kappa shape index (κ3) is 3.37. The molecule has 1 aliphatic heterocycles. The Kier molecular flexibility index (Phi) is 3.66. The summed E-state index contributed by atoms with van der Waals surface area (Å²) < 4.78 is 40.2. The van der Waals surface area contributed by atoms with Gasteiger partial charge in [0.05, 0.1) is 0 Å². The summed E-state index contributed by atoms with van der Waals surface area (Å²) in [6.07, 6.45) is -4.42. The molecule has 0 bridgehead atoms. The normalized spacial score (nSPS) is 19.9. The molecule has 1 aliphatic rings. The highest BCUT2D eigenvalue weighted by molar-refractivity contribution is 5.95. The largest absolute Gasteiger partial charge is 0.573 e. The van der Waals surface area contributed by atoms with E-state index in [0.29, 0.717) is 25.2 Å². The summed E-state index contributed by atoms with van der Waals surface area (Å²) in [5.41, 5.74) is 5.89. The van der Waals surface area contributed by atoms with Crippen LogP contribution in [0.3, 0.4) is 0 Å². The van der Waals surface area contributed by atoms with Crippen LogP contribution >= 0.6 is 0 Å². The van der Waals surface area contributed by atoms with E-state index in [9.17, 15) is 18.0 Å². The van der Waals surface area contributed by atoms with E-state index in [1.165, 1.54) is 23.1 Å². The lowest BCUT2D eigenvalue weighted by Crippen LogP contribution is -2.26. The maximum atomic E-state index is 12.1. The number of hydrogen-bond acceptors (Lipinski definition) is 3. The number of ether oxygens (including phenoxy) is 1. The van der Waals surface area contributed by atoms with E-state index in [4.69, 9.17) is 5.73 Å². The van der Waals surface area contributed by atoms with E-state index in [-0.39, 0.29) is 17.6 Å². The molecule has 1 fully saturated rings. The molecule has 1 atom stereocenters. The second-order valence-electron chi connectivity index (χ2n) is 4.36. The predicted octanol–water partition coefficient (Wildman–Crippen LogP) is 1.90. The Morgan fingerprint density at radius 3 is 2.74 bits per heavy atom. The number of nitrogens with two attached hydrogens (primary N) is 1. The van der Waals surface area contributed by atoms with Crippen LogP contribution < -0.4 is 15.4 Å². The molecule has 1 saturated heterocycles. The summed E-state index contributed by atoms with van der Waals surface area (Å²) in [5, 5.41) is 0. The molecule has 0 radical (unpaired) electrons. The van der Waals surface area contributed by atoms with Gasteiger partial charge in [0.1, 0.15) is 5.75 Å². The van der Waals surface area contributed by atoms with Crippen molar-refractivity contribution in [3.05, 3.63) is 24.3 Å².